The van der Waals surface area contributed by atoms with E-state index in [1.165, 1.54) is 17.6 Å². The maximum Gasteiger partial charge on any atom is 0.307 e. The van der Waals surface area contributed by atoms with Crippen LogP contribution < -0.4 is 5.32 Å². The molecule has 0 spiro atoms. The number of fused-ring (bicyclic) bond motifs is 1. The molecular formula is C14H9ClN2O4S. The Bertz CT molecular complexity index is 871. The van der Waals surface area contributed by atoms with Gasteiger partial charge < -0.3 is 14.8 Å². The van der Waals surface area contributed by atoms with E-state index in [2.05, 4.69) is 10.3 Å². The molecule has 0 unspecified atom stereocenters. The van der Waals surface area contributed by atoms with Crippen LogP contribution in [-0.2, 0) is 11.2 Å². The fourth-order valence-corrected chi connectivity index (χ4v) is 3.02. The number of aromatic nitrogens is 1. The molecule has 6 nitrogen and oxygen atoms in total. The molecule has 22 heavy (non-hydrogen) atoms. The molecule has 0 aliphatic rings. The van der Waals surface area contributed by atoms with Gasteiger partial charge in [0.2, 0.25) is 0 Å². The third kappa shape index (κ3) is 2.81. The zero-order chi connectivity index (χ0) is 15.7. The van der Waals surface area contributed by atoms with Gasteiger partial charge in [-0.2, -0.15) is 0 Å². The van der Waals surface area contributed by atoms with Crippen molar-refractivity contribution in [3.8, 4) is 0 Å². The number of carboxylic acid groups (broad SMARTS) is 1. The molecule has 3 aromatic rings. The summed E-state index contributed by atoms with van der Waals surface area (Å²) in [5.74, 6) is -1.42. The zero-order valence-corrected chi connectivity index (χ0v) is 12.6. The number of carboxylic acids is 1. The summed E-state index contributed by atoms with van der Waals surface area (Å²) in [4.78, 5) is 27.0. The number of halogens is 1. The highest BCUT2D eigenvalue weighted by molar-refractivity contribution is 7.14. The van der Waals surface area contributed by atoms with Crippen molar-refractivity contribution in [2.24, 2.45) is 0 Å². The molecule has 0 aliphatic carbocycles. The minimum Gasteiger partial charge on any atom is -0.481 e. The van der Waals surface area contributed by atoms with Gasteiger partial charge >= 0.3 is 5.97 Å². The first-order chi connectivity index (χ1) is 10.5. The van der Waals surface area contributed by atoms with Crippen molar-refractivity contribution in [1.29, 1.82) is 0 Å². The van der Waals surface area contributed by atoms with Crippen LogP contribution >= 0.6 is 22.9 Å². The van der Waals surface area contributed by atoms with Crippen LogP contribution in [0.2, 0.25) is 5.15 Å². The molecule has 0 saturated heterocycles. The summed E-state index contributed by atoms with van der Waals surface area (Å²) < 4.78 is 5.16. The predicted octanol–water partition coefficient (Wildman–Crippen LogP) is 3.42. The summed E-state index contributed by atoms with van der Waals surface area (Å²) in [6.45, 7) is 0. The number of aliphatic carboxylic acids is 1. The van der Waals surface area contributed by atoms with E-state index >= 15 is 0 Å². The molecule has 2 N–H and O–H groups in total. The van der Waals surface area contributed by atoms with Gasteiger partial charge in [0.1, 0.15) is 5.69 Å². The first-order valence-electron chi connectivity index (χ1n) is 6.18. The van der Waals surface area contributed by atoms with Gasteiger partial charge in [-0.1, -0.05) is 11.6 Å². The molecule has 8 heteroatoms. The lowest BCUT2D eigenvalue weighted by molar-refractivity contribution is -0.136. The van der Waals surface area contributed by atoms with E-state index in [0.29, 0.717) is 21.5 Å². The molecule has 0 saturated carbocycles. The Morgan fingerprint density at radius 3 is 3.00 bits per heavy atom. The molecule has 0 aliphatic heterocycles. The summed E-state index contributed by atoms with van der Waals surface area (Å²) in [6.07, 6.45) is 1.30. The second kappa shape index (κ2) is 5.78. The minimum absolute atomic E-state index is 0.101. The van der Waals surface area contributed by atoms with E-state index < -0.39 is 11.9 Å². The van der Waals surface area contributed by atoms with Crippen molar-refractivity contribution in [3.63, 3.8) is 0 Å². The molecule has 1 amide bonds. The quantitative estimate of drug-likeness (QED) is 0.712. The number of anilines is 1. The summed E-state index contributed by atoms with van der Waals surface area (Å²) >= 11 is 7.22. The number of carbonyl (C=O) groups excluding carboxylic acids is 1. The van der Waals surface area contributed by atoms with Gasteiger partial charge in [0.05, 0.1) is 17.7 Å². The number of hydrogen-bond donors (Lipinski definition) is 2. The molecule has 0 bridgehead atoms. The number of rotatable bonds is 4. The second-order valence-electron chi connectivity index (χ2n) is 4.44. The summed E-state index contributed by atoms with van der Waals surface area (Å²) in [7, 11) is 0. The monoisotopic (exact) mass is 336 g/mol. The van der Waals surface area contributed by atoms with Gasteiger partial charge in [-0.3, -0.25) is 9.59 Å². The van der Waals surface area contributed by atoms with Crippen molar-refractivity contribution >= 4 is 50.8 Å². The average Bonchev–Trinajstić information content (AvgIpc) is 3.08. The van der Waals surface area contributed by atoms with Crippen LogP contribution in [0.3, 0.4) is 0 Å². The van der Waals surface area contributed by atoms with Gasteiger partial charge in [0.15, 0.2) is 10.7 Å². The van der Waals surface area contributed by atoms with Crippen LogP contribution in [0.4, 0.5) is 5.00 Å². The van der Waals surface area contributed by atoms with Crippen molar-refractivity contribution in [3.05, 3.63) is 46.3 Å². The van der Waals surface area contributed by atoms with E-state index in [1.54, 1.807) is 23.6 Å². The Morgan fingerprint density at radius 1 is 1.41 bits per heavy atom. The Labute approximate surface area is 133 Å². The maximum absolute atomic E-state index is 12.3. The standard InChI is InChI=1S/C14H9ClN2O4S/c15-12-11-7(1-3-21-11)5-9(16-12)13(20)17-14-8(2-4-22-14)6-10(18)19/h1-5H,6H2,(H,17,20)(H,18,19). The van der Waals surface area contributed by atoms with Gasteiger partial charge in [-0.15, -0.1) is 11.3 Å². The van der Waals surface area contributed by atoms with Crippen LogP contribution in [-0.4, -0.2) is 22.0 Å². The third-order valence-corrected chi connectivity index (χ3v) is 4.07. The van der Waals surface area contributed by atoms with Crippen LogP contribution in [0, 0.1) is 0 Å². The smallest absolute Gasteiger partial charge is 0.307 e. The van der Waals surface area contributed by atoms with Crippen LogP contribution in [0.15, 0.2) is 34.3 Å². The molecule has 112 valence electrons. The highest BCUT2D eigenvalue weighted by Crippen LogP contribution is 2.26. The highest BCUT2D eigenvalue weighted by Gasteiger charge is 2.16. The van der Waals surface area contributed by atoms with E-state index in [9.17, 15) is 9.59 Å². The predicted molar refractivity (Wildman–Crippen MR) is 82.6 cm³/mol. The molecule has 0 fully saturated rings. The van der Waals surface area contributed by atoms with Crippen LogP contribution in [0.5, 0.6) is 0 Å². The number of furan rings is 1. The maximum atomic E-state index is 12.3. The molecule has 3 aromatic heterocycles. The van der Waals surface area contributed by atoms with Crippen molar-refractivity contribution in [1.82, 2.24) is 4.98 Å². The van der Waals surface area contributed by atoms with E-state index in [1.807, 2.05) is 0 Å². The first-order valence-corrected chi connectivity index (χ1v) is 7.43. The number of carbonyl (C=O) groups is 2. The van der Waals surface area contributed by atoms with E-state index in [0.717, 1.165) is 0 Å². The minimum atomic E-state index is -0.963. The number of amides is 1. The Balaban J connectivity index is 1.87. The van der Waals surface area contributed by atoms with E-state index in [4.69, 9.17) is 21.1 Å². The molecule has 0 radical (unpaired) electrons. The highest BCUT2D eigenvalue weighted by atomic mass is 35.5. The van der Waals surface area contributed by atoms with Crippen molar-refractivity contribution in [2.75, 3.05) is 5.32 Å². The molecule has 3 heterocycles. The number of pyridine rings is 1. The Kier molecular flexibility index (Phi) is 3.82. The number of hydrogen-bond acceptors (Lipinski definition) is 5. The molecular weight excluding hydrogens is 328 g/mol. The van der Waals surface area contributed by atoms with Gasteiger partial charge in [-0.05, 0) is 29.1 Å². The lowest BCUT2D eigenvalue weighted by atomic mass is 10.2. The number of nitrogens with one attached hydrogen (secondary N) is 1. The lowest BCUT2D eigenvalue weighted by Crippen LogP contribution is -2.14. The van der Waals surface area contributed by atoms with Crippen molar-refractivity contribution in [2.45, 2.75) is 6.42 Å². The summed E-state index contributed by atoms with van der Waals surface area (Å²) in [5.41, 5.74) is 1.09. The number of nitrogens with zero attached hydrogens (tertiary/aromatic N) is 1. The van der Waals surface area contributed by atoms with Gasteiger partial charge in [0, 0.05) is 5.39 Å². The molecule has 0 aromatic carbocycles. The third-order valence-electron chi connectivity index (χ3n) is 2.94. The largest absolute Gasteiger partial charge is 0.481 e. The Hall–Kier alpha value is -2.38. The second-order valence-corrected chi connectivity index (χ2v) is 5.71. The normalized spacial score (nSPS) is 10.8. The van der Waals surface area contributed by atoms with Crippen LogP contribution in [0.1, 0.15) is 16.1 Å². The molecule has 0 atom stereocenters. The lowest BCUT2D eigenvalue weighted by Gasteiger charge is -2.05. The molecule has 3 rings (SSSR count). The van der Waals surface area contributed by atoms with Crippen molar-refractivity contribution < 1.29 is 19.1 Å². The Morgan fingerprint density at radius 2 is 2.23 bits per heavy atom. The fourth-order valence-electron chi connectivity index (χ4n) is 1.97. The van der Waals surface area contributed by atoms with Gasteiger partial charge in [-0.25, -0.2) is 4.98 Å². The van der Waals surface area contributed by atoms with Gasteiger partial charge in [0.25, 0.3) is 5.91 Å². The zero-order valence-electron chi connectivity index (χ0n) is 11.0. The number of thiophene rings is 1. The summed E-state index contributed by atoms with van der Waals surface area (Å²) in [5, 5.41) is 14.5. The topological polar surface area (TPSA) is 92.4 Å². The fraction of sp³-hybridized carbons (Fsp3) is 0.0714. The average molecular weight is 337 g/mol. The first kappa shape index (κ1) is 14.6. The SMILES string of the molecule is O=C(O)Cc1ccsc1NC(=O)c1cc2ccoc2c(Cl)n1. The van der Waals surface area contributed by atoms with E-state index in [-0.39, 0.29) is 17.3 Å². The van der Waals surface area contributed by atoms with Crippen LogP contribution in [0.25, 0.3) is 11.0 Å². The summed E-state index contributed by atoms with van der Waals surface area (Å²) in [6, 6.07) is 4.90.